The number of carbonyl (C=O) groups excluding carboxylic acids is 3. The first-order chi connectivity index (χ1) is 16.2. The number of sulfone groups is 1. The van der Waals surface area contributed by atoms with Crippen LogP contribution < -0.4 is 5.32 Å². The van der Waals surface area contributed by atoms with Crippen molar-refractivity contribution in [3.8, 4) is 0 Å². The average Bonchev–Trinajstić information content (AvgIpc) is 3.17. The lowest BCUT2D eigenvalue weighted by Crippen LogP contribution is -2.48. The number of ether oxygens (including phenoxy) is 1. The Morgan fingerprint density at radius 2 is 1.76 bits per heavy atom. The zero-order chi connectivity index (χ0) is 24.7. The van der Waals surface area contributed by atoms with Crippen LogP contribution >= 0.6 is 0 Å². The molecule has 0 aromatic heterocycles. The van der Waals surface area contributed by atoms with Crippen LogP contribution in [0.2, 0.25) is 0 Å². The van der Waals surface area contributed by atoms with E-state index in [9.17, 15) is 22.8 Å². The van der Waals surface area contributed by atoms with E-state index >= 15 is 0 Å². The van der Waals surface area contributed by atoms with Crippen molar-refractivity contribution in [3.63, 3.8) is 0 Å². The summed E-state index contributed by atoms with van der Waals surface area (Å²) >= 11 is 0. The van der Waals surface area contributed by atoms with Gasteiger partial charge in [-0.3, -0.25) is 9.59 Å². The van der Waals surface area contributed by atoms with Gasteiger partial charge >= 0.3 is 5.97 Å². The predicted octanol–water partition coefficient (Wildman–Crippen LogP) is 2.84. The Morgan fingerprint density at radius 1 is 1.09 bits per heavy atom. The maximum Gasteiger partial charge on any atom is 0.340 e. The number of para-hydroxylation sites is 1. The first kappa shape index (κ1) is 25.4. The maximum atomic E-state index is 12.9. The van der Waals surface area contributed by atoms with E-state index in [1.807, 2.05) is 44.2 Å². The molecule has 0 saturated carbocycles. The standard InChI is InChI=1S/C25H30N2O6S/c1-3-18(2)27(20-13-14-34(31,32)17-20)24(29)16-33-25(30)21-11-7-8-12-22(21)26-23(28)15-19-9-5-4-6-10-19/h4-12,18,20H,3,13-17H2,1-2H3,(H,26,28)/t18-,20+/m1/s1. The highest BCUT2D eigenvalue weighted by Crippen LogP contribution is 2.22. The van der Waals surface area contributed by atoms with E-state index in [1.165, 1.54) is 11.0 Å². The van der Waals surface area contributed by atoms with E-state index in [2.05, 4.69) is 5.32 Å². The topological polar surface area (TPSA) is 110 Å². The minimum atomic E-state index is -3.17. The van der Waals surface area contributed by atoms with Gasteiger partial charge in [-0.15, -0.1) is 0 Å². The van der Waals surface area contributed by atoms with Gasteiger partial charge in [0.25, 0.3) is 5.91 Å². The summed E-state index contributed by atoms with van der Waals surface area (Å²) in [6.45, 7) is 3.25. The van der Waals surface area contributed by atoms with Crippen LogP contribution in [0.4, 0.5) is 5.69 Å². The minimum absolute atomic E-state index is 0.0493. The summed E-state index contributed by atoms with van der Waals surface area (Å²) in [6, 6.07) is 15.0. The van der Waals surface area contributed by atoms with Crippen molar-refractivity contribution in [1.82, 2.24) is 4.90 Å². The van der Waals surface area contributed by atoms with Gasteiger partial charge in [0.1, 0.15) is 0 Å². The van der Waals surface area contributed by atoms with E-state index in [4.69, 9.17) is 4.74 Å². The molecule has 1 heterocycles. The minimum Gasteiger partial charge on any atom is -0.452 e. The first-order valence-corrected chi connectivity index (χ1v) is 13.1. The van der Waals surface area contributed by atoms with Crippen LogP contribution in [0, 0.1) is 0 Å². The fourth-order valence-electron chi connectivity index (χ4n) is 4.03. The maximum absolute atomic E-state index is 12.9. The second-order valence-electron chi connectivity index (χ2n) is 8.45. The number of amides is 2. The van der Waals surface area contributed by atoms with E-state index < -0.39 is 34.4 Å². The summed E-state index contributed by atoms with van der Waals surface area (Å²) in [5.74, 6) is -1.49. The van der Waals surface area contributed by atoms with Crippen LogP contribution in [0.15, 0.2) is 54.6 Å². The Morgan fingerprint density at radius 3 is 2.41 bits per heavy atom. The molecule has 1 aliphatic rings. The molecular weight excluding hydrogens is 456 g/mol. The predicted molar refractivity (Wildman–Crippen MR) is 129 cm³/mol. The Labute approximate surface area is 200 Å². The quantitative estimate of drug-likeness (QED) is 0.546. The molecule has 8 nitrogen and oxygen atoms in total. The van der Waals surface area contributed by atoms with Crippen LogP contribution in [0.5, 0.6) is 0 Å². The molecule has 1 N–H and O–H groups in total. The second-order valence-corrected chi connectivity index (χ2v) is 10.7. The molecule has 2 atom stereocenters. The normalized spacial score (nSPS) is 17.5. The molecule has 2 aromatic rings. The van der Waals surface area contributed by atoms with Gasteiger partial charge in [0.05, 0.1) is 29.2 Å². The van der Waals surface area contributed by atoms with Gasteiger partial charge < -0.3 is 15.0 Å². The fourth-order valence-corrected chi connectivity index (χ4v) is 5.74. The molecule has 9 heteroatoms. The lowest BCUT2D eigenvalue weighted by molar-refractivity contribution is -0.138. The van der Waals surface area contributed by atoms with Gasteiger partial charge in [-0.25, -0.2) is 13.2 Å². The summed E-state index contributed by atoms with van der Waals surface area (Å²) in [5.41, 5.74) is 1.27. The van der Waals surface area contributed by atoms with Crippen molar-refractivity contribution in [3.05, 3.63) is 65.7 Å². The molecule has 1 saturated heterocycles. The largest absolute Gasteiger partial charge is 0.452 e. The van der Waals surface area contributed by atoms with Crippen molar-refractivity contribution in [2.24, 2.45) is 0 Å². The smallest absolute Gasteiger partial charge is 0.340 e. The molecule has 0 aliphatic carbocycles. The Balaban J connectivity index is 1.65. The molecule has 182 valence electrons. The molecule has 0 bridgehead atoms. The van der Waals surface area contributed by atoms with Gasteiger partial charge in [0, 0.05) is 12.1 Å². The molecule has 0 spiro atoms. The van der Waals surface area contributed by atoms with Crippen molar-refractivity contribution in [1.29, 1.82) is 0 Å². The zero-order valence-electron chi connectivity index (χ0n) is 19.4. The molecule has 2 amide bonds. The highest BCUT2D eigenvalue weighted by molar-refractivity contribution is 7.91. The number of nitrogens with one attached hydrogen (secondary N) is 1. The van der Waals surface area contributed by atoms with Crippen molar-refractivity contribution in [2.75, 3.05) is 23.4 Å². The molecule has 2 aromatic carbocycles. The molecule has 34 heavy (non-hydrogen) atoms. The third-order valence-electron chi connectivity index (χ3n) is 5.91. The van der Waals surface area contributed by atoms with Gasteiger partial charge in [-0.1, -0.05) is 49.4 Å². The molecule has 3 rings (SSSR count). The zero-order valence-corrected chi connectivity index (χ0v) is 20.2. The van der Waals surface area contributed by atoms with Gasteiger partial charge in [0.2, 0.25) is 5.91 Å². The Hall–Kier alpha value is -3.20. The number of hydrogen-bond acceptors (Lipinski definition) is 6. The summed E-state index contributed by atoms with van der Waals surface area (Å²) in [5, 5.41) is 2.73. The Bertz CT molecular complexity index is 1130. The summed E-state index contributed by atoms with van der Waals surface area (Å²) in [6.07, 6.45) is 1.17. The van der Waals surface area contributed by atoms with E-state index in [1.54, 1.807) is 18.2 Å². The lowest BCUT2D eigenvalue weighted by Gasteiger charge is -2.33. The van der Waals surface area contributed by atoms with Crippen molar-refractivity contribution >= 4 is 33.3 Å². The van der Waals surface area contributed by atoms with Crippen LogP contribution in [-0.4, -0.2) is 61.3 Å². The van der Waals surface area contributed by atoms with Gasteiger partial charge in [-0.05, 0) is 37.5 Å². The third-order valence-corrected chi connectivity index (χ3v) is 7.66. The molecular formula is C25H30N2O6S. The van der Waals surface area contributed by atoms with Crippen LogP contribution in [-0.2, 0) is 30.6 Å². The van der Waals surface area contributed by atoms with E-state index in [0.29, 0.717) is 18.5 Å². The second kappa shape index (κ2) is 11.3. The summed E-state index contributed by atoms with van der Waals surface area (Å²) in [4.78, 5) is 39.7. The molecule has 0 radical (unpaired) electrons. The number of anilines is 1. The molecule has 1 fully saturated rings. The van der Waals surface area contributed by atoms with Gasteiger partial charge in [-0.2, -0.15) is 0 Å². The number of hydrogen-bond donors (Lipinski definition) is 1. The van der Waals surface area contributed by atoms with Crippen LogP contribution in [0.3, 0.4) is 0 Å². The first-order valence-electron chi connectivity index (χ1n) is 11.3. The fraction of sp³-hybridized carbons (Fsp3) is 0.400. The summed E-state index contributed by atoms with van der Waals surface area (Å²) < 4.78 is 29.1. The summed E-state index contributed by atoms with van der Waals surface area (Å²) in [7, 11) is -3.17. The van der Waals surface area contributed by atoms with Gasteiger partial charge in [0.15, 0.2) is 16.4 Å². The van der Waals surface area contributed by atoms with Crippen molar-refractivity contribution in [2.45, 2.75) is 45.2 Å². The SMILES string of the molecule is CC[C@@H](C)N(C(=O)COC(=O)c1ccccc1NC(=O)Cc1ccccc1)[C@H]1CCS(=O)(=O)C1. The number of esters is 1. The number of nitrogens with zero attached hydrogens (tertiary/aromatic N) is 1. The highest BCUT2D eigenvalue weighted by atomic mass is 32.2. The number of benzene rings is 2. The molecule has 0 unspecified atom stereocenters. The average molecular weight is 487 g/mol. The third kappa shape index (κ3) is 6.66. The number of carbonyl (C=O) groups is 3. The Kier molecular flexibility index (Phi) is 8.44. The van der Waals surface area contributed by atoms with Crippen molar-refractivity contribution < 1.29 is 27.5 Å². The van der Waals surface area contributed by atoms with E-state index in [0.717, 1.165) is 5.56 Å². The van der Waals surface area contributed by atoms with Crippen LogP contribution in [0.1, 0.15) is 42.6 Å². The van der Waals surface area contributed by atoms with Crippen LogP contribution in [0.25, 0.3) is 0 Å². The number of rotatable bonds is 9. The monoisotopic (exact) mass is 486 g/mol. The molecule has 1 aliphatic heterocycles. The van der Waals surface area contributed by atoms with E-state index in [-0.39, 0.29) is 35.4 Å². The highest BCUT2D eigenvalue weighted by Gasteiger charge is 2.36. The lowest BCUT2D eigenvalue weighted by atomic mass is 10.1.